The first-order valence-corrected chi connectivity index (χ1v) is 11.1. The van der Waals surface area contributed by atoms with Crippen molar-refractivity contribution < 1.29 is 19.1 Å². The van der Waals surface area contributed by atoms with Crippen LogP contribution in [0.25, 0.3) is 0 Å². The van der Waals surface area contributed by atoms with Crippen LogP contribution in [0.4, 0.5) is 5.82 Å². The minimum atomic E-state index is -0.560. The standard InChI is InChI=1S/C24H24BrN3O4/c1-13-21(24(30)28-20-10-7-14(25)12-26-20)22(23-17(27-13)5-4-6-18(23)29)16-9-8-15(31-2)11-19(16)32-3/h7-12,22,27H,4-6H2,1-3H3,(H,26,28,30)/t22-/m1/s1. The molecule has 1 aliphatic heterocycles. The largest absolute Gasteiger partial charge is 0.497 e. The number of pyridine rings is 1. The van der Waals surface area contributed by atoms with Gasteiger partial charge in [0.05, 0.1) is 20.1 Å². The zero-order valence-electron chi connectivity index (χ0n) is 18.1. The second-order valence-electron chi connectivity index (χ2n) is 7.69. The first kappa shape index (κ1) is 22.1. The minimum Gasteiger partial charge on any atom is -0.497 e. The fourth-order valence-electron chi connectivity index (χ4n) is 4.29. The molecule has 2 heterocycles. The predicted molar refractivity (Wildman–Crippen MR) is 125 cm³/mol. The second-order valence-corrected chi connectivity index (χ2v) is 8.60. The van der Waals surface area contributed by atoms with Gasteiger partial charge in [0.15, 0.2) is 5.78 Å². The van der Waals surface area contributed by atoms with E-state index < -0.39 is 5.92 Å². The molecule has 0 fully saturated rings. The molecule has 0 spiro atoms. The van der Waals surface area contributed by atoms with Crippen LogP contribution in [-0.4, -0.2) is 30.9 Å². The van der Waals surface area contributed by atoms with Crippen molar-refractivity contribution in [3.63, 3.8) is 0 Å². The normalized spacial score (nSPS) is 18.1. The lowest BCUT2D eigenvalue weighted by Crippen LogP contribution is -2.35. The molecule has 0 radical (unpaired) electrons. The highest BCUT2D eigenvalue weighted by molar-refractivity contribution is 9.10. The molecule has 1 atom stereocenters. The number of halogens is 1. The van der Waals surface area contributed by atoms with E-state index in [0.29, 0.717) is 40.6 Å². The summed E-state index contributed by atoms with van der Waals surface area (Å²) >= 11 is 3.35. The molecule has 2 aliphatic rings. The summed E-state index contributed by atoms with van der Waals surface area (Å²) in [5, 5.41) is 6.19. The van der Waals surface area contributed by atoms with Gasteiger partial charge in [0, 0.05) is 51.3 Å². The molecular formula is C24H24BrN3O4. The molecular weight excluding hydrogens is 474 g/mol. The van der Waals surface area contributed by atoms with Crippen molar-refractivity contribution in [1.29, 1.82) is 0 Å². The van der Waals surface area contributed by atoms with Crippen molar-refractivity contribution in [1.82, 2.24) is 10.3 Å². The Morgan fingerprint density at radius 3 is 2.69 bits per heavy atom. The highest BCUT2D eigenvalue weighted by Gasteiger charge is 2.39. The SMILES string of the molecule is COc1ccc([C@@H]2C(C(=O)Nc3ccc(Br)cn3)=C(C)NC3=C2C(=O)CCC3)c(OC)c1. The second kappa shape index (κ2) is 9.16. The Hall–Kier alpha value is -3.13. The first-order chi connectivity index (χ1) is 15.4. The molecule has 166 valence electrons. The summed E-state index contributed by atoms with van der Waals surface area (Å²) in [6.07, 6.45) is 3.62. The molecule has 2 aromatic rings. The van der Waals surface area contributed by atoms with Gasteiger partial charge in [-0.15, -0.1) is 0 Å². The van der Waals surface area contributed by atoms with Gasteiger partial charge in [-0.1, -0.05) is 6.07 Å². The van der Waals surface area contributed by atoms with Crippen LogP contribution >= 0.6 is 15.9 Å². The van der Waals surface area contributed by atoms with Gasteiger partial charge in [-0.3, -0.25) is 9.59 Å². The molecule has 4 rings (SSSR count). The summed E-state index contributed by atoms with van der Waals surface area (Å²) < 4.78 is 11.8. The third kappa shape index (κ3) is 4.14. The van der Waals surface area contributed by atoms with Crippen molar-refractivity contribution in [3.8, 4) is 11.5 Å². The molecule has 7 nitrogen and oxygen atoms in total. The maximum atomic E-state index is 13.5. The summed E-state index contributed by atoms with van der Waals surface area (Å²) in [7, 11) is 3.15. The number of Topliss-reactive ketones (excluding diaryl/α,β-unsaturated/α-hetero) is 1. The molecule has 32 heavy (non-hydrogen) atoms. The smallest absolute Gasteiger partial charge is 0.255 e. The third-order valence-electron chi connectivity index (χ3n) is 5.74. The van der Waals surface area contributed by atoms with Crippen molar-refractivity contribution >= 4 is 33.4 Å². The molecule has 1 aliphatic carbocycles. The molecule has 1 aromatic heterocycles. The quantitative estimate of drug-likeness (QED) is 0.633. The highest BCUT2D eigenvalue weighted by atomic mass is 79.9. The average Bonchev–Trinajstić information content (AvgIpc) is 2.79. The lowest BCUT2D eigenvalue weighted by atomic mass is 9.74. The molecule has 2 N–H and O–H groups in total. The van der Waals surface area contributed by atoms with E-state index in [-0.39, 0.29) is 11.7 Å². The van der Waals surface area contributed by atoms with Crippen molar-refractivity contribution in [2.45, 2.75) is 32.1 Å². The number of nitrogens with zero attached hydrogens (tertiary/aromatic N) is 1. The Bertz CT molecular complexity index is 1140. The Kier molecular flexibility index (Phi) is 6.32. The Balaban J connectivity index is 1.83. The van der Waals surface area contributed by atoms with Gasteiger partial charge in [0.2, 0.25) is 0 Å². The van der Waals surface area contributed by atoms with Crippen molar-refractivity contribution in [2.75, 3.05) is 19.5 Å². The fourth-order valence-corrected chi connectivity index (χ4v) is 4.52. The first-order valence-electron chi connectivity index (χ1n) is 10.3. The van der Waals surface area contributed by atoms with Crippen LogP contribution in [0.3, 0.4) is 0 Å². The molecule has 0 saturated heterocycles. The van der Waals surface area contributed by atoms with Crippen LogP contribution in [0.15, 0.2) is 63.5 Å². The number of hydrogen-bond acceptors (Lipinski definition) is 6. The molecule has 8 heteroatoms. The van der Waals surface area contributed by atoms with E-state index in [4.69, 9.17) is 9.47 Å². The summed E-state index contributed by atoms with van der Waals surface area (Å²) in [6.45, 7) is 1.86. The maximum absolute atomic E-state index is 13.5. The monoisotopic (exact) mass is 497 g/mol. The van der Waals surface area contributed by atoms with Gasteiger partial charge < -0.3 is 20.1 Å². The summed E-state index contributed by atoms with van der Waals surface area (Å²) in [5.41, 5.74) is 3.41. The topological polar surface area (TPSA) is 89.5 Å². The van der Waals surface area contributed by atoms with E-state index in [2.05, 4.69) is 31.5 Å². The van der Waals surface area contributed by atoms with Crippen molar-refractivity contribution in [2.24, 2.45) is 0 Å². The lowest BCUT2D eigenvalue weighted by Gasteiger charge is -2.35. The van der Waals surface area contributed by atoms with E-state index in [1.54, 1.807) is 38.6 Å². The van der Waals surface area contributed by atoms with Crippen LogP contribution in [0.5, 0.6) is 11.5 Å². The fraction of sp³-hybridized carbons (Fsp3) is 0.292. The van der Waals surface area contributed by atoms with E-state index in [1.807, 2.05) is 19.1 Å². The zero-order chi connectivity index (χ0) is 22.8. The molecule has 0 saturated carbocycles. The zero-order valence-corrected chi connectivity index (χ0v) is 19.7. The number of anilines is 1. The van der Waals surface area contributed by atoms with Crippen LogP contribution in [-0.2, 0) is 9.59 Å². The van der Waals surface area contributed by atoms with Crippen LogP contribution < -0.4 is 20.1 Å². The number of carbonyl (C=O) groups is 2. The van der Waals surface area contributed by atoms with Crippen LogP contribution in [0.1, 0.15) is 37.7 Å². The number of ether oxygens (including phenoxy) is 2. The summed E-state index contributed by atoms with van der Waals surface area (Å²) in [5.74, 6) is 0.777. The number of methoxy groups -OCH3 is 2. The number of aromatic nitrogens is 1. The molecule has 1 aromatic carbocycles. The van der Waals surface area contributed by atoms with Crippen molar-refractivity contribution in [3.05, 3.63) is 69.1 Å². The third-order valence-corrected chi connectivity index (χ3v) is 6.21. The van der Waals surface area contributed by atoms with Crippen LogP contribution in [0.2, 0.25) is 0 Å². The number of carbonyl (C=O) groups excluding carboxylic acids is 2. The van der Waals surface area contributed by atoms with E-state index in [0.717, 1.165) is 28.6 Å². The van der Waals surface area contributed by atoms with E-state index in [1.165, 1.54) is 0 Å². The Morgan fingerprint density at radius 2 is 2.00 bits per heavy atom. The van der Waals surface area contributed by atoms with E-state index in [9.17, 15) is 9.59 Å². The van der Waals surface area contributed by atoms with Gasteiger partial charge in [-0.2, -0.15) is 0 Å². The maximum Gasteiger partial charge on any atom is 0.255 e. The van der Waals surface area contributed by atoms with E-state index >= 15 is 0 Å². The number of ketones is 1. The molecule has 0 bridgehead atoms. The summed E-state index contributed by atoms with van der Waals surface area (Å²) in [4.78, 5) is 30.8. The summed E-state index contributed by atoms with van der Waals surface area (Å²) in [6, 6.07) is 8.96. The molecule has 0 unspecified atom stereocenters. The average molecular weight is 498 g/mol. The van der Waals surface area contributed by atoms with Gasteiger partial charge >= 0.3 is 0 Å². The Morgan fingerprint density at radius 1 is 1.19 bits per heavy atom. The number of dihydropyridines is 1. The minimum absolute atomic E-state index is 0.0428. The number of rotatable bonds is 5. The highest BCUT2D eigenvalue weighted by Crippen LogP contribution is 2.45. The number of allylic oxidation sites excluding steroid dienone is 3. The number of amides is 1. The number of nitrogens with one attached hydrogen (secondary N) is 2. The van der Waals surface area contributed by atoms with Crippen LogP contribution in [0, 0.1) is 0 Å². The lowest BCUT2D eigenvalue weighted by molar-refractivity contribution is -0.116. The van der Waals surface area contributed by atoms with Gasteiger partial charge in [-0.25, -0.2) is 4.98 Å². The number of hydrogen-bond donors (Lipinski definition) is 2. The van der Waals surface area contributed by atoms with Gasteiger partial charge in [0.1, 0.15) is 17.3 Å². The Labute approximate surface area is 195 Å². The number of benzene rings is 1. The molecule has 1 amide bonds. The van der Waals surface area contributed by atoms with Gasteiger partial charge in [0.25, 0.3) is 5.91 Å². The van der Waals surface area contributed by atoms with Gasteiger partial charge in [-0.05, 0) is 53.9 Å². The predicted octanol–water partition coefficient (Wildman–Crippen LogP) is 4.47.